The van der Waals surface area contributed by atoms with Crippen LogP contribution in [0.1, 0.15) is 40.5 Å². The molecule has 0 spiro atoms. The van der Waals surface area contributed by atoms with Crippen molar-refractivity contribution in [2.24, 2.45) is 11.8 Å². The second-order valence-corrected chi connectivity index (χ2v) is 7.75. The summed E-state index contributed by atoms with van der Waals surface area (Å²) in [6, 6.07) is 0. The van der Waals surface area contributed by atoms with Gasteiger partial charge in [0.15, 0.2) is 0 Å². The minimum atomic E-state index is -3.99. The number of rotatable bonds is 4. The van der Waals surface area contributed by atoms with Crippen molar-refractivity contribution in [3.63, 3.8) is 0 Å². The Kier molecular flexibility index (Phi) is 4.05. The maximum absolute atomic E-state index is 11.8. The summed E-state index contributed by atoms with van der Waals surface area (Å²) in [5.74, 6) is -0.630. The van der Waals surface area contributed by atoms with Crippen LogP contribution in [0.2, 0.25) is 0 Å². The molecule has 0 N–H and O–H groups in total. The van der Waals surface area contributed by atoms with Gasteiger partial charge >= 0.3 is 0 Å². The second kappa shape index (κ2) is 4.70. The summed E-state index contributed by atoms with van der Waals surface area (Å²) in [4.78, 5) is -0.0105. The summed E-state index contributed by atoms with van der Waals surface area (Å²) >= 11 is 0. The quantitative estimate of drug-likeness (QED) is 0.791. The smallest absolute Gasteiger partial charge is 0.109 e. The SMILES string of the molecule is CCC(C)C1=C(C(C)CC)S(=O)(=O)[N-]S1(=O)=O. The van der Waals surface area contributed by atoms with Crippen molar-refractivity contribution in [1.82, 2.24) is 0 Å². The van der Waals surface area contributed by atoms with E-state index in [1.165, 1.54) is 0 Å². The Bertz CT molecular complexity index is 483. The topological polar surface area (TPSA) is 82.4 Å². The van der Waals surface area contributed by atoms with Crippen LogP contribution in [0.15, 0.2) is 9.81 Å². The Hall–Kier alpha value is -0.400. The fourth-order valence-electron chi connectivity index (χ4n) is 1.83. The molecule has 17 heavy (non-hydrogen) atoms. The average molecular weight is 280 g/mol. The van der Waals surface area contributed by atoms with E-state index in [4.69, 9.17) is 0 Å². The lowest BCUT2D eigenvalue weighted by atomic mass is 10.0. The van der Waals surface area contributed by atoms with Crippen LogP contribution in [0.4, 0.5) is 0 Å². The lowest BCUT2D eigenvalue weighted by molar-refractivity contribution is 0.582. The van der Waals surface area contributed by atoms with Crippen molar-refractivity contribution in [2.45, 2.75) is 40.5 Å². The highest BCUT2D eigenvalue weighted by Gasteiger charge is 2.35. The minimum Gasteiger partial charge on any atom is -0.428 e. The molecule has 100 valence electrons. The molecule has 0 aromatic rings. The molecule has 1 aliphatic heterocycles. The van der Waals surface area contributed by atoms with Gasteiger partial charge in [-0.3, -0.25) is 0 Å². The first-order chi connectivity index (χ1) is 7.67. The molecule has 1 rings (SSSR count). The van der Waals surface area contributed by atoms with E-state index in [1.807, 2.05) is 13.8 Å². The molecule has 0 bridgehead atoms. The number of hydrogen-bond acceptors (Lipinski definition) is 4. The minimum absolute atomic E-state index is 0.00523. The van der Waals surface area contributed by atoms with E-state index in [0.717, 1.165) is 0 Å². The monoisotopic (exact) mass is 280 g/mol. The first-order valence-corrected chi connectivity index (χ1v) is 8.53. The lowest BCUT2D eigenvalue weighted by Crippen LogP contribution is -2.10. The normalized spacial score (nSPS) is 25.9. The highest BCUT2D eigenvalue weighted by molar-refractivity contribution is 8.18. The largest absolute Gasteiger partial charge is 0.428 e. The standard InChI is InChI=1S/C10H18NO4S2/c1-5-7(3)9-10(8(4)6-2)17(14,15)11-16(9,12)13/h7-8H,5-6H2,1-4H3/q-1. The molecule has 0 saturated carbocycles. The van der Waals surface area contributed by atoms with Crippen LogP contribution in [-0.4, -0.2) is 16.8 Å². The number of sulfonamides is 2. The summed E-state index contributed by atoms with van der Waals surface area (Å²) in [6.45, 7) is 7.08. The maximum Gasteiger partial charge on any atom is 0.109 e. The van der Waals surface area contributed by atoms with Gasteiger partial charge in [0.25, 0.3) is 0 Å². The molecule has 5 nitrogen and oxygen atoms in total. The molecule has 0 saturated heterocycles. The first kappa shape index (κ1) is 14.7. The van der Waals surface area contributed by atoms with E-state index in [0.29, 0.717) is 12.8 Å². The van der Waals surface area contributed by atoms with E-state index >= 15 is 0 Å². The van der Waals surface area contributed by atoms with Crippen LogP contribution >= 0.6 is 0 Å². The highest BCUT2D eigenvalue weighted by Crippen LogP contribution is 2.44. The number of allylic oxidation sites excluding steroid dienone is 2. The summed E-state index contributed by atoms with van der Waals surface area (Å²) < 4.78 is 50.2. The molecule has 1 aliphatic rings. The van der Waals surface area contributed by atoms with Crippen LogP contribution in [0, 0.1) is 11.8 Å². The van der Waals surface area contributed by atoms with Crippen molar-refractivity contribution < 1.29 is 16.8 Å². The summed E-state index contributed by atoms with van der Waals surface area (Å²) in [6.07, 6.45) is 1.14. The van der Waals surface area contributed by atoms with Crippen molar-refractivity contribution in [2.75, 3.05) is 0 Å². The molecule has 0 aromatic heterocycles. The Morgan fingerprint density at radius 3 is 1.41 bits per heavy atom. The van der Waals surface area contributed by atoms with E-state index in [1.54, 1.807) is 13.8 Å². The lowest BCUT2D eigenvalue weighted by Gasteiger charge is -2.16. The maximum atomic E-state index is 11.8. The zero-order chi connectivity index (χ0) is 13.4. The molecule has 0 amide bonds. The number of nitrogens with zero attached hydrogens (tertiary/aromatic N) is 1. The van der Waals surface area contributed by atoms with Gasteiger partial charge in [0, 0.05) is 9.81 Å². The van der Waals surface area contributed by atoms with Gasteiger partial charge in [-0.1, -0.05) is 27.7 Å². The number of hydrogen-bond donors (Lipinski definition) is 0. The van der Waals surface area contributed by atoms with Crippen LogP contribution in [0.3, 0.4) is 0 Å². The zero-order valence-corrected chi connectivity index (χ0v) is 12.1. The molecule has 2 atom stereocenters. The Morgan fingerprint density at radius 2 is 1.18 bits per heavy atom. The van der Waals surface area contributed by atoms with Gasteiger partial charge in [0.05, 0.1) is 0 Å². The summed E-state index contributed by atoms with van der Waals surface area (Å²) in [7, 11) is -7.99. The van der Waals surface area contributed by atoms with Gasteiger partial charge in [0.2, 0.25) is 0 Å². The van der Waals surface area contributed by atoms with Crippen molar-refractivity contribution in [3.05, 3.63) is 13.9 Å². The molecule has 0 fully saturated rings. The predicted molar refractivity (Wildman–Crippen MR) is 67.1 cm³/mol. The van der Waals surface area contributed by atoms with Gasteiger partial charge in [0.1, 0.15) is 20.0 Å². The molecule has 0 aliphatic carbocycles. The molecular weight excluding hydrogens is 262 g/mol. The van der Waals surface area contributed by atoms with E-state index < -0.39 is 20.0 Å². The van der Waals surface area contributed by atoms with Crippen LogP contribution in [0.5, 0.6) is 0 Å². The second-order valence-electron chi connectivity index (χ2n) is 4.37. The highest BCUT2D eigenvalue weighted by atomic mass is 32.3. The third kappa shape index (κ3) is 2.56. The van der Waals surface area contributed by atoms with Gasteiger partial charge in [-0.2, -0.15) is 0 Å². The van der Waals surface area contributed by atoms with E-state index in [-0.39, 0.29) is 21.6 Å². The third-order valence-electron chi connectivity index (χ3n) is 3.11. The van der Waals surface area contributed by atoms with Gasteiger partial charge in [-0.15, -0.1) is 0 Å². The zero-order valence-electron chi connectivity index (χ0n) is 10.5. The van der Waals surface area contributed by atoms with Crippen LogP contribution in [-0.2, 0) is 20.0 Å². The fourth-order valence-corrected chi connectivity index (χ4v) is 6.40. The summed E-state index contributed by atoms with van der Waals surface area (Å²) in [5, 5.41) is 0. The molecule has 0 radical (unpaired) electrons. The Morgan fingerprint density at radius 1 is 0.882 bits per heavy atom. The molecule has 0 aromatic carbocycles. The molecule has 2 unspecified atom stereocenters. The Balaban J connectivity index is 3.57. The molecule has 7 heteroatoms. The third-order valence-corrected chi connectivity index (χ3v) is 7.17. The predicted octanol–water partition coefficient (Wildman–Crippen LogP) is 2.34. The van der Waals surface area contributed by atoms with Crippen molar-refractivity contribution >= 4 is 20.0 Å². The van der Waals surface area contributed by atoms with E-state index in [9.17, 15) is 16.8 Å². The van der Waals surface area contributed by atoms with Crippen LogP contribution in [0.25, 0.3) is 4.13 Å². The van der Waals surface area contributed by atoms with Crippen LogP contribution < -0.4 is 0 Å². The van der Waals surface area contributed by atoms with E-state index in [2.05, 4.69) is 4.13 Å². The summed E-state index contributed by atoms with van der Waals surface area (Å²) in [5.41, 5.74) is 0. The molecular formula is C10H18NO4S2-. The molecule has 1 heterocycles. The van der Waals surface area contributed by atoms with Gasteiger partial charge in [-0.25, -0.2) is 16.8 Å². The van der Waals surface area contributed by atoms with Crippen molar-refractivity contribution in [1.29, 1.82) is 0 Å². The Labute approximate surface area is 103 Å². The fraction of sp³-hybridized carbons (Fsp3) is 0.800. The van der Waals surface area contributed by atoms with Gasteiger partial charge in [-0.05, 0) is 24.7 Å². The first-order valence-electron chi connectivity index (χ1n) is 5.65. The van der Waals surface area contributed by atoms with Crippen molar-refractivity contribution in [3.8, 4) is 0 Å². The van der Waals surface area contributed by atoms with Gasteiger partial charge < -0.3 is 4.13 Å². The average Bonchev–Trinajstić information content (AvgIpc) is 2.40.